The molecule has 0 fully saturated rings. The minimum Gasteiger partial charge on any atom is -0.491 e. The van der Waals surface area contributed by atoms with E-state index in [-0.39, 0.29) is 18.7 Å². The Morgan fingerprint density at radius 3 is 2.54 bits per heavy atom. The third-order valence-corrected chi connectivity index (χ3v) is 3.56. The SMILES string of the molecule is Cc1cccc(OCC(C)NC(=O)NC(CO)c2ccccc2)c1. The van der Waals surface area contributed by atoms with E-state index in [0.29, 0.717) is 6.61 Å². The molecule has 3 N–H and O–H groups in total. The minimum atomic E-state index is -0.434. The van der Waals surface area contributed by atoms with Crippen LogP contribution in [0.15, 0.2) is 54.6 Å². The zero-order chi connectivity index (χ0) is 17.4. The van der Waals surface area contributed by atoms with Gasteiger partial charge in [0, 0.05) is 0 Å². The van der Waals surface area contributed by atoms with Gasteiger partial charge in [-0.25, -0.2) is 4.79 Å². The van der Waals surface area contributed by atoms with Crippen LogP contribution >= 0.6 is 0 Å². The molecule has 5 heteroatoms. The molecule has 2 amide bonds. The predicted molar refractivity (Wildman–Crippen MR) is 94.1 cm³/mol. The number of nitrogens with one attached hydrogen (secondary N) is 2. The van der Waals surface area contributed by atoms with Crippen molar-refractivity contribution in [2.75, 3.05) is 13.2 Å². The molecule has 2 rings (SSSR count). The van der Waals surface area contributed by atoms with Crippen molar-refractivity contribution in [1.29, 1.82) is 0 Å². The average molecular weight is 328 g/mol. The van der Waals surface area contributed by atoms with Crippen molar-refractivity contribution < 1.29 is 14.6 Å². The van der Waals surface area contributed by atoms with Gasteiger partial charge in [-0.1, -0.05) is 42.5 Å². The molecule has 2 unspecified atom stereocenters. The summed E-state index contributed by atoms with van der Waals surface area (Å²) in [5.41, 5.74) is 1.98. The van der Waals surface area contributed by atoms with Crippen LogP contribution in [-0.2, 0) is 0 Å². The lowest BCUT2D eigenvalue weighted by Crippen LogP contribution is -2.45. The first-order valence-electron chi connectivity index (χ1n) is 8.01. The quantitative estimate of drug-likeness (QED) is 0.732. The van der Waals surface area contributed by atoms with Crippen LogP contribution in [0.2, 0.25) is 0 Å². The number of amides is 2. The summed E-state index contributed by atoms with van der Waals surface area (Å²) in [6.07, 6.45) is 0. The molecule has 0 radical (unpaired) electrons. The zero-order valence-corrected chi connectivity index (χ0v) is 14.0. The monoisotopic (exact) mass is 328 g/mol. The Hall–Kier alpha value is -2.53. The van der Waals surface area contributed by atoms with Crippen LogP contribution in [0.25, 0.3) is 0 Å². The first-order valence-corrected chi connectivity index (χ1v) is 8.01. The maximum absolute atomic E-state index is 12.1. The van der Waals surface area contributed by atoms with Gasteiger partial charge in [-0.2, -0.15) is 0 Å². The van der Waals surface area contributed by atoms with E-state index in [4.69, 9.17) is 4.74 Å². The van der Waals surface area contributed by atoms with E-state index in [1.165, 1.54) is 0 Å². The number of ether oxygens (including phenoxy) is 1. The van der Waals surface area contributed by atoms with E-state index in [0.717, 1.165) is 16.9 Å². The molecule has 2 aromatic carbocycles. The van der Waals surface area contributed by atoms with Gasteiger partial charge in [0.2, 0.25) is 0 Å². The molecular formula is C19H24N2O3. The fourth-order valence-corrected chi connectivity index (χ4v) is 2.31. The Balaban J connectivity index is 1.80. The molecule has 0 heterocycles. The first kappa shape index (κ1) is 17.8. The van der Waals surface area contributed by atoms with Crippen molar-refractivity contribution in [2.24, 2.45) is 0 Å². The van der Waals surface area contributed by atoms with E-state index < -0.39 is 6.04 Å². The largest absolute Gasteiger partial charge is 0.491 e. The standard InChI is InChI=1S/C19H24N2O3/c1-14-7-6-10-17(11-14)24-13-15(2)20-19(23)21-18(12-22)16-8-4-3-5-9-16/h3-11,15,18,22H,12-13H2,1-2H3,(H2,20,21,23). The number of urea groups is 1. The normalized spacial score (nSPS) is 13.0. The number of hydrogen-bond acceptors (Lipinski definition) is 3. The number of rotatable bonds is 7. The highest BCUT2D eigenvalue weighted by Crippen LogP contribution is 2.13. The highest BCUT2D eigenvalue weighted by molar-refractivity contribution is 5.74. The molecule has 0 bridgehead atoms. The average Bonchev–Trinajstić information content (AvgIpc) is 2.59. The molecule has 2 atom stereocenters. The molecule has 0 aliphatic carbocycles. The lowest BCUT2D eigenvalue weighted by molar-refractivity contribution is 0.208. The minimum absolute atomic E-state index is 0.161. The Labute approximate surface area is 142 Å². The van der Waals surface area contributed by atoms with Crippen molar-refractivity contribution in [3.8, 4) is 5.75 Å². The Morgan fingerprint density at radius 1 is 1.12 bits per heavy atom. The molecule has 0 aromatic heterocycles. The molecule has 24 heavy (non-hydrogen) atoms. The topological polar surface area (TPSA) is 70.6 Å². The number of carbonyl (C=O) groups excluding carboxylic acids is 1. The Bertz CT molecular complexity index is 646. The van der Waals surface area contributed by atoms with Crippen molar-refractivity contribution in [1.82, 2.24) is 10.6 Å². The number of aliphatic hydroxyl groups excluding tert-OH is 1. The maximum atomic E-state index is 12.1. The molecule has 2 aromatic rings. The summed E-state index contributed by atoms with van der Waals surface area (Å²) in [5.74, 6) is 0.779. The Kier molecular flexibility index (Phi) is 6.63. The van der Waals surface area contributed by atoms with Gasteiger partial charge in [0.25, 0.3) is 0 Å². The highest BCUT2D eigenvalue weighted by Gasteiger charge is 2.15. The van der Waals surface area contributed by atoms with Crippen LogP contribution in [0, 0.1) is 6.92 Å². The third-order valence-electron chi connectivity index (χ3n) is 3.56. The highest BCUT2D eigenvalue weighted by atomic mass is 16.5. The molecule has 0 aliphatic heterocycles. The van der Waals surface area contributed by atoms with Crippen molar-refractivity contribution in [3.63, 3.8) is 0 Å². The van der Waals surface area contributed by atoms with E-state index >= 15 is 0 Å². The lowest BCUT2D eigenvalue weighted by Gasteiger charge is -2.20. The van der Waals surface area contributed by atoms with Gasteiger partial charge in [0.1, 0.15) is 12.4 Å². The van der Waals surface area contributed by atoms with E-state index in [1.807, 2.05) is 68.4 Å². The summed E-state index contributed by atoms with van der Waals surface area (Å²) in [6, 6.07) is 16.2. The molecule has 0 saturated heterocycles. The second-order valence-electron chi connectivity index (χ2n) is 5.79. The van der Waals surface area contributed by atoms with E-state index in [9.17, 15) is 9.90 Å². The first-order chi connectivity index (χ1) is 11.6. The Morgan fingerprint density at radius 2 is 1.88 bits per heavy atom. The van der Waals surface area contributed by atoms with Gasteiger partial charge in [0.15, 0.2) is 0 Å². The number of carbonyl (C=O) groups is 1. The maximum Gasteiger partial charge on any atom is 0.315 e. The van der Waals surface area contributed by atoms with E-state index in [2.05, 4.69) is 10.6 Å². The third kappa shape index (κ3) is 5.59. The number of aliphatic hydroxyl groups is 1. The summed E-state index contributed by atoms with van der Waals surface area (Å²) < 4.78 is 5.67. The molecule has 128 valence electrons. The van der Waals surface area contributed by atoms with Crippen LogP contribution in [0.1, 0.15) is 24.1 Å². The van der Waals surface area contributed by atoms with Crippen molar-refractivity contribution in [2.45, 2.75) is 25.9 Å². The summed E-state index contributed by atoms with van der Waals surface area (Å²) in [5, 5.41) is 15.1. The van der Waals surface area contributed by atoms with Crippen LogP contribution in [0.5, 0.6) is 5.75 Å². The van der Waals surface area contributed by atoms with Crippen molar-refractivity contribution in [3.05, 3.63) is 65.7 Å². The van der Waals surface area contributed by atoms with Crippen molar-refractivity contribution >= 4 is 6.03 Å². The van der Waals surface area contributed by atoms with Gasteiger partial charge in [0.05, 0.1) is 18.7 Å². The van der Waals surface area contributed by atoms with Gasteiger partial charge in [-0.15, -0.1) is 0 Å². The van der Waals surface area contributed by atoms with Gasteiger partial charge < -0.3 is 20.5 Å². The van der Waals surface area contributed by atoms with Crippen LogP contribution in [-0.4, -0.2) is 30.4 Å². The summed E-state index contributed by atoms with van der Waals surface area (Å²) >= 11 is 0. The summed E-state index contributed by atoms with van der Waals surface area (Å²) in [7, 11) is 0. The molecule has 0 spiro atoms. The summed E-state index contributed by atoms with van der Waals surface area (Å²) in [6.45, 7) is 4.07. The second-order valence-corrected chi connectivity index (χ2v) is 5.79. The zero-order valence-electron chi connectivity index (χ0n) is 14.0. The van der Waals surface area contributed by atoms with Crippen LogP contribution < -0.4 is 15.4 Å². The molecular weight excluding hydrogens is 304 g/mol. The predicted octanol–water partition coefficient (Wildman–Crippen LogP) is 2.80. The molecule has 5 nitrogen and oxygen atoms in total. The van der Waals surface area contributed by atoms with E-state index in [1.54, 1.807) is 0 Å². The van der Waals surface area contributed by atoms with Crippen LogP contribution in [0.4, 0.5) is 4.79 Å². The molecule has 0 aliphatic rings. The van der Waals surface area contributed by atoms with Gasteiger partial charge in [-0.3, -0.25) is 0 Å². The number of benzene rings is 2. The summed E-state index contributed by atoms with van der Waals surface area (Å²) in [4.78, 5) is 12.1. The lowest BCUT2D eigenvalue weighted by atomic mass is 10.1. The second kappa shape index (κ2) is 8.93. The van der Waals surface area contributed by atoms with Gasteiger partial charge >= 0.3 is 6.03 Å². The van der Waals surface area contributed by atoms with Crippen LogP contribution in [0.3, 0.4) is 0 Å². The molecule has 0 saturated carbocycles. The number of aryl methyl sites for hydroxylation is 1. The fraction of sp³-hybridized carbons (Fsp3) is 0.316. The van der Waals surface area contributed by atoms with Gasteiger partial charge in [-0.05, 0) is 37.1 Å². The fourth-order valence-electron chi connectivity index (χ4n) is 2.31. The smallest absolute Gasteiger partial charge is 0.315 e. The number of hydrogen-bond donors (Lipinski definition) is 3.